The SMILES string of the molecule is FC(F)(F)c1ccc2c(c1)NCc1c(CCCNCCc3ccccc3)cccc1S2. The molecule has 0 amide bonds. The van der Waals surface area contributed by atoms with E-state index in [2.05, 4.69) is 47.0 Å². The normalized spacial score (nSPS) is 13.1. The Kier molecular flexibility index (Phi) is 6.88. The third-order valence-corrected chi connectivity index (χ3v) is 6.62. The minimum Gasteiger partial charge on any atom is -0.380 e. The Morgan fingerprint density at radius 1 is 0.871 bits per heavy atom. The van der Waals surface area contributed by atoms with Crippen molar-refractivity contribution in [3.63, 3.8) is 0 Å². The van der Waals surface area contributed by atoms with Crippen LogP contribution in [0.15, 0.2) is 76.5 Å². The lowest BCUT2D eigenvalue weighted by Gasteiger charge is -2.13. The third kappa shape index (κ3) is 5.63. The predicted molar refractivity (Wildman–Crippen MR) is 121 cm³/mol. The van der Waals surface area contributed by atoms with Crippen molar-refractivity contribution in [3.8, 4) is 0 Å². The molecule has 31 heavy (non-hydrogen) atoms. The number of rotatable bonds is 7. The fourth-order valence-corrected chi connectivity index (χ4v) is 4.87. The van der Waals surface area contributed by atoms with E-state index >= 15 is 0 Å². The minimum atomic E-state index is -4.33. The molecule has 0 fully saturated rings. The Morgan fingerprint density at radius 3 is 2.52 bits per heavy atom. The van der Waals surface area contributed by atoms with Crippen LogP contribution in [0, 0.1) is 0 Å². The van der Waals surface area contributed by atoms with Crippen molar-refractivity contribution in [3.05, 3.63) is 89.0 Å². The molecule has 0 aliphatic carbocycles. The van der Waals surface area contributed by atoms with Crippen LogP contribution < -0.4 is 10.6 Å². The molecule has 0 bridgehead atoms. The van der Waals surface area contributed by atoms with Crippen LogP contribution in [0.25, 0.3) is 0 Å². The molecular formula is C25H25F3N2S. The van der Waals surface area contributed by atoms with Crippen LogP contribution in [0.5, 0.6) is 0 Å². The van der Waals surface area contributed by atoms with Crippen LogP contribution in [0.2, 0.25) is 0 Å². The van der Waals surface area contributed by atoms with Gasteiger partial charge in [-0.15, -0.1) is 0 Å². The van der Waals surface area contributed by atoms with E-state index in [1.54, 1.807) is 6.07 Å². The summed E-state index contributed by atoms with van der Waals surface area (Å²) in [6, 6.07) is 20.6. The lowest BCUT2D eigenvalue weighted by molar-refractivity contribution is -0.137. The van der Waals surface area contributed by atoms with Crippen molar-refractivity contribution < 1.29 is 13.2 Å². The van der Waals surface area contributed by atoms with Gasteiger partial charge in [-0.25, -0.2) is 0 Å². The molecular weight excluding hydrogens is 417 g/mol. The van der Waals surface area contributed by atoms with Gasteiger partial charge in [-0.1, -0.05) is 54.2 Å². The van der Waals surface area contributed by atoms with Gasteiger partial charge in [0.25, 0.3) is 0 Å². The minimum absolute atomic E-state index is 0.536. The molecule has 3 aromatic carbocycles. The Morgan fingerprint density at radius 2 is 1.71 bits per heavy atom. The van der Waals surface area contributed by atoms with E-state index in [1.165, 1.54) is 34.5 Å². The summed E-state index contributed by atoms with van der Waals surface area (Å²) in [5.41, 5.74) is 3.70. The summed E-state index contributed by atoms with van der Waals surface area (Å²) in [6.45, 7) is 2.42. The number of benzene rings is 3. The topological polar surface area (TPSA) is 24.1 Å². The predicted octanol–water partition coefficient (Wildman–Crippen LogP) is 6.55. The van der Waals surface area contributed by atoms with Gasteiger partial charge in [0.05, 0.1) is 5.56 Å². The van der Waals surface area contributed by atoms with Gasteiger partial charge >= 0.3 is 6.18 Å². The molecule has 2 N–H and O–H groups in total. The first-order valence-electron chi connectivity index (χ1n) is 10.5. The van der Waals surface area contributed by atoms with E-state index in [-0.39, 0.29) is 0 Å². The second-order valence-electron chi connectivity index (χ2n) is 7.65. The van der Waals surface area contributed by atoms with Crippen LogP contribution in [-0.4, -0.2) is 13.1 Å². The number of hydrogen-bond donors (Lipinski definition) is 2. The fourth-order valence-electron chi connectivity index (χ4n) is 3.78. The van der Waals surface area contributed by atoms with Crippen molar-refractivity contribution in [1.29, 1.82) is 0 Å². The number of fused-ring (bicyclic) bond motifs is 2. The number of halogens is 3. The largest absolute Gasteiger partial charge is 0.416 e. The Bertz CT molecular complexity index is 1020. The zero-order chi connectivity index (χ0) is 21.7. The molecule has 0 atom stereocenters. The standard InChI is InChI=1S/C25H25F3N2S/c26-25(27,28)20-11-12-24-22(16-20)30-17-21-19(8-4-10-23(21)31-24)9-5-14-29-15-13-18-6-2-1-3-7-18/h1-4,6-8,10-12,16,29-30H,5,9,13-15,17H2. The maximum Gasteiger partial charge on any atom is 0.416 e. The van der Waals surface area contributed by atoms with Crippen LogP contribution in [-0.2, 0) is 25.6 Å². The number of anilines is 1. The average Bonchev–Trinajstić information content (AvgIpc) is 2.95. The van der Waals surface area contributed by atoms with Gasteiger partial charge in [0.15, 0.2) is 0 Å². The molecule has 0 radical (unpaired) electrons. The number of hydrogen-bond acceptors (Lipinski definition) is 3. The van der Waals surface area contributed by atoms with Crippen molar-refractivity contribution >= 4 is 17.4 Å². The fraction of sp³-hybridized carbons (Fsp3) is 0.280. The molecule has 0 aromatic heterocycles. The molecule has 0 saturated heterocycles. The number of aryl methyl sites for hydroxylation is 1. The Balaban J connectivity index is 1.34. The molecule has 2 nitrogen and oxygen atoms in total. The first kappa shape index (κ1) is 21.8. The van der Waals surface area contributed by atoms with Gasteiger partial charge in [-0.2, -0.15) is 13.2 Å². The molecule has 162 valence electrons. The summed E-state index contributed by atoms with van der Waals surface area (Å²) in [5, 5.41) is 6.73. The Hall–Kier alpha value is -2.44. The summed E-state index contributed by atoms with van der Waals surface area (Å²) in [6.07, 6.45) is -1.37. The summed E-state index contributed by atoms with van der Waals surface area (Å²) in [5.74, 6) is 0. The second-order valence-corrected chi connectivity index (χ2v) is 8.73. The van der Waals surface area contributed by atoms with Gasteiger partial charge in [0.2, 0.25) is 0 Å². The van der Waals surface area contributed by atoms with Crippen molar-refractivity contribution in [1.82, 2.24) is 5.32 Å². The molecule has 1 heterocycles. The molecule has 0 unspecified atom stereocenters. The van der Waals surface area contributed by atoms with Gasteiger partial charge in [-0.05, 0) is 73.3 Å². The maximum absolute atomic E-state index is 13.1. The average molecular weight is 443 g/mol. The van der Waals surface area contributed by atoms with Crippen molar-refractivity contribution in [2.75, 3.05) is 18.4 Å². The maximum atomic E-state index is 13.1. The third-order valence-electron chi connectivity index (χ3n) is 5.45. The molecule has 3 aromatic rings. The summed E-state index contributed by atoms with van der Waals surface area (Å²) in [4.78, 5) is 1.94. The molecule has 0 spiro atoms. The van der Waals surface area contributed by atoms with E-state index < -0.39 is 11.7 Å². The lowest BCUT2D eigenvalue weighted by atomic mass is 10.0. The van der Waals surface area contributed by atoms with Crippen molar-refractivity contribution in [2.45, 2.75) is 41.8 Å². The first-order chi connectivity index (χ1) is 15.0. The van der Waals surface area contributed by atoms with Crippen LogP contribution >= 0.6 is 11.8 Å². The molecule has 0 saturated carbocycles. The quantitative estimate of drug-likeness (QED) is 0.406. The van der Waals surface area contributed by atoms with Gasteiger partial charge in [-0.3, -0.25) is 0 Å². The second kappa shape index (κ2) is 9.79. The smallest absolute Gasteiger partial charge is 0.380 e. The van der Waals surface area contributed by atoms with E-state index in [4.69, 9.17) is 0 Å². The van der Waals surface area contributed by atoms with E-state index in [9.17, 15) is 13.2 Å². The molecule has 6 heteroatoms. The first-order valence-corrected chi connectivity index (χ1v) is 11.3. The highest BCUT2D eigenvalue weighted by atomic mass is 32.2. The highest BCUT2D eigenvalue weighted by Gasteiger charge is 2.31. The lowest BCUT2D eigenvalue weighted by Crippen LogP contribution is -2.19. The summed E-state index contributed by atoms with van der Waals surface area (Å²) >= 11 is 1.54. The molecule has 1 aliphatic heterocycles. The summed E-state index contributed by atoms with van der Waals surface area (Å²) in [7, 11) is 0. The molecule has 4 rings (SSSR count). The van der Waals surface area contributed by atoms with E-state index in [1.807, 2.05) is 12.1 Å². The van der Waals surface area contributed by atoms with E-state index in [0.717, 1.165) is 48.2 Å². The Labute approximate surface area is 185 Å². The van der Waals surface area contributed by atoms with Gasteiger partial charge in [0, 0.05) is 22.0 Å². The summed E-state index contributed by atoms with van der Waals surface area (Å²) < 4.78 is 39.2. The van der Waals surface area contributed by atoms with Gasteiger partial charge < -0.3 is 10.6 Å². The highest BCUT2D eigenvalue weighted by Crippen LogP contribution is 2.42. The number of nitrogens with one attached hydrogen (secondary N) is 2. The zero-order valence-corrected chi connectivity index (χ0v) is 18.0. The van der Waals surface area contributed by atoms with Crippen LogP contribution in [0.1, 0.15) is 28.7 Å². The van der Waals surface area contributed by atoms with Crippen molar-refractivity contribution in [2.24, 2.45) is 0 Å². The zero-order valence-electron chi connectivity index (χ0n) is 17.1. The number of alkyl halides is 3. The van der Waals surface area contributed by atoms with Gasteiger partial charge in [0.1, 0.15) is 0 Å². The van der Waals surface area contributed by atoms with Crippen LogP contribution in [0.3, 0.4) is 0 Å². The molecule has 1 aliphatic rings. The monoisotopic (exact) mass is 442 g/mol. The van der Waals surface area contributed by atoms with Crippen LogP contribution in [0.4, 0.5) is 18.9 Å². The highest BCUT2D eigenvalue weighted by molar-refractivity contribution is 7.99. The van der Waals surface area contributed by atoms with E-state index in [0.29, 0.717) is 12.2 Å².